The zero-order chi connectivity index (χ0) is 18.1. The van der Waals surface area contributed by atoms with E-state index in [1.54, 1.807) is 24.3 Å². The molecular weight excluding hydrogens is 350 g/mol. The van der Waals surface area contributed by atoms with Crippen molar-refractivity contribution in [2.75, 3.05) is 6.61 Å². The Morgan fingerprint density at radius 3 is 2.50 bits per heavy atom. The lowest BCUT2D eigenvalue weighted by atomic mass is 10.0. The molecule has 2 aliphatic rings. The van der Waals surface area contributed by atoms with Crippen LogP contribution < -0.4 is 4.72 Å². The van der Waals surface area contributed by atoms with Crippen molar-refractivity contribution in [3.63, 3.8) is 0 Å². The summed E-state index contributed by atoms with van der Waals surface area (Å²) in [6.45, 7) is 2.17. The number of sulfonamides is 1. The van der Waals surface area contributed by atoms with Gasteiger partial charge in [0.15, 0.2) is 6.29 Å². The van der Waals surface area contributed by atoms with Gasteiger partial charge < -0.3 is 9.47 Å². The van der Waals surface area contributed by atoms with E-state index in [2.05, 4.69) is 4.72 Å². The second-order valence-electron chi connectivity index (χ2n) is 6.69. The number of benzene rings is 2. The van der Waals surface area contributed by atoms with Gasteiger partial charge in [-0.15, -0.1) is 0 Å². The van der Waals surface area contributed by atoms with Crippen molar-refractivity contribution < 1.29 is 17.9 Å². The maximum absolute atomic E-state index is 12.6. The van der Waals surface area contributed by atoms with Crippen LogP contribution in [-0.4, -0.2) is 27.4 Å². The summed E-state index contributed by atoms with van der Waals surface area (Å²) in [7, 11) is -3.59. The molecule has 26 heavy (non-hydrogen) atoms. The number of nitrogens with one attached hydrogen (secondary N) is 1. The van der Waals surface area contributed by atoms with Crippen LogP contribution in [0.3, 0.4) is 0 Å². The Morgan fingerprint density at radius 2 is 1.77 bits per heavy atom. The summed E-state index contributed by atoms with van der Waals surface area (Å²) >= 11 is 0. The Morgan fingerprint density at radius 1 is 1.04 bits per heavy atom. The molecule has 0 bridgehead atoms. The molecule has 6 heteroatoms. The van der Waals surface area contributed by atoms with Crippen LogP contribution in [0.4, 0.5) is 0 Å². The van der Waals surface area contributed by atoms with E-state index in [0.29, 0.717) is 6.42 Å². The van der Waals surface area contributed by atoms with Crippen molar-refractivity contribution in [2.24, 2.45) is 0 Å². The van der Waals surface area contributed by atoms with Gasteiger partial charge in [0.1, 0.15) is 0 Å². The van der Waals surface area contributed by atoms with Crippen LogP contribution in [0, 0.1) is 6.92 Å². The van der Waals surface area contributed by atoms with Crippen molar-refractivity contribution in [2.45, 2.75) is 36.7 Å². The first-order valence-electron chi connectivity index (χ1n) is 8.63. The molecule has 2 heterocycles. The Bertz CT molecular complexity index is 907. The lowest BCUT2D eigenvalue weighted by Gasteiger charge is -2.25. The molecule has 2 aromatic rings. The fraction of sp³-hybridized carbons (Fsp3) is 0.300. The third kappa shape index (κ3) is 3.59. The molecule has 4 rings (SSSR count). The number of rotatable bonds is 4. The van der Waals surface area contributed by atoms with Gasteiger partial charge in [0.25, 0.3) is 0 Å². The van der Waals surface area contributed by atoms with Crippen LogP contribution in [0.25, 0.3) is 0 Å². The molecule has 3 atom stereocenters. The molecular formula is C20H21NO4S. The van der Waals surface area contributed by atoms with Gasteiger partial charge in [-0.3, -0.25) is 0 Å². The Balaban J connectivity index is 1.48. The summed E-state index contributed by atoms with van der Waals surface area (Å²) in [5, 5.41) is 0. The largest absolute Gasteiger partial charge is 0.347 e. The van der Waals surface area contributed by atoms with Gasteiger partial charge in [-0.05, 0) is 30.2 Å². The molecule has 0 spiro atoms. The lowest BCUT2D eigenvalue weighted by molar-refractivity contribution is -0.126. The summed E-state index contributed by atoms with van der Waals surface area (Å²) in [6, 6.07) is 16.4. The molecule has 136 valence electrons. The topological polar surface area (TPSA) is 64.6 Å². The lowest BCUT2D eigenvalue weighted by Crippen LogP contribution is -2.40. The van der Waals surface area contributed by atoms with Crippen molar-refractivity contribution in [3.05, 3.63) is 77.4 Å². The minimum Gasteiger partial charge on any atom is -0.347 e. The number of aryl methyl sites for hydroxylation is 1. The van der Waals surface area contributed by atoms with Crippen LogP contribution >= 0.6 is 0 Å². The SMILES string of the molecule is Cc1ccc(S(=O)(=O)N[C@@H]2C=C3C[C@H](c4ccccc4)O[C@@H]3OC2)cc1. The minimum atomic E-state index is -3.59. The van der Waals surface area contributed by atoms with Crippen molar-refractivity contribution in [1.29, 1.82) is 0 Å². The van der Waals surface area contributed by atoms with E-state index in [4.69, 9.17) is 9.47 Å². The van der Waals surface area contributed by atoms with Gasteiger partial charge in [-0.25, -0.2) is 13.1 Å². The molecule has 2 aromatic carbocycles. The molecule has 0 amide bonds. The zero-order valence-electron chi connectivity index (χ0n) is 14.5. The maximum atomic E-state index is 12.6. The van der Waals surface area contributed by atoms with Crippen molar-refractivity contribution in [1.82, 2.24) is 4.72 Å². The molecule has 0 saturated carbocycles. The monoisotopic (exact) mass is 371 g/mol. The Hall–Kier alpha value is -1.99. The summed E-state index contributed by atoms with van der Waals surface area (Å²) in [4.78, 5) is 0.258. The van der Waals surface area contributed by atoms with Crippen LogP contribution in [0.5, 0.6) is 0 Å². The number of hydrogen-bond donors (Lipinski definition) is 1. The fourth-order valence-electron chi connectivity index (χ4n) is 3.30. The van der Waals surface area contributed by atoms with Crippen LogP contribution in [-0.2, 0) is 19.5 Å². The average molecular weight is 371 g/mol. The van der Waals surface area contributed by atoms with Gasteiger partial charge >= 0.3 is 0 Å². The first-order chi connectivity index (χ1) is 12.5. The zero-order valence-corrected chi connectivity index (χ0v) is 15.3. The fourth-order valence-corrected chi connectivity index (χ4v) is 4.47. The maximum Gasteiger partial charge on any atom is 0.241 e. The molecule has 0 aliphatic carbocycles. The predicted octanol–water partition coefficient (Wildman–Crippen LogP) is 3.09. The van der Waals surface area contributed by atoms with Crippen LogP contribution in [0.2, 0.25) is 0 Å². The van der Waals surface area contributed by atoms with Crippen molar-refractivity contribution in [3.8, 4) is 0 Å². The average Bonchev–Trinajstić information content (AvgIpc) is 3.06. The van der Waals surface area contributed by atoms with Gasteiger partial charge in [-0.1, -0.05) is 54.1 Å². The molecule has 0 unspecified atom stereocenters. The van der Waals surface area contributed by atoms with Crippen molar-refractivity contribution >= 4 is 10.0 Å². The third-order valence-corrected chi connectivity index (χ3v) is 6.17. The highest BCUT2D eigenvalue weighted by Crippen LogP contribution is 2.38. The molecule has 1 saturated heterocycles. The van der Waals surface area contributed by atoms with Gasteiger partial charge in [0.05, 0.1) is 23.6 Å². The highest BCUT2D eigenvalue weighted by Gasteiger charge is 2.36. The molecule has 0 radical (unpaired) electrons. The van der Waals surface area contributed by atoms with E-state index >= 15 is 0 Å². The highest BCUT2D eigenvalue weighted by molar-refractivity contribution is 7.89. The number of fused-ring (bicyclic) bond motifs is 1. The summed E-state index contributed by atoms with van der Waals surface area (Å²) in [5.74, 6) is 0. The van der Waals surface area contributed by atoms with Crippen LogP contribution in [0.1, 0.15) is 23.7 Å². The number of hydrogen-bond acceptors (Lipinski definition) is 4. The van der Waals surface area contributed by atoms with E-state index in [9.17, 15) is 8.42 Å². The third-order valence-electron chi connectivity index (χ3n) is 4.66. The van der Waals surface area contributed by atoms with E-state index in [1.807, 2.05) is 43.3 Å². The summed E-state index contributed by atoms with van der Waals surface area (Å²) < 4.78 is 39.5. The van der Waals surface area contributed by atoms with Gasteiger partial charge in [0.2, 0.25) is 10.0 Å². The first kappa shape index (κ1) is 17.4. The normalized spacial score (nSPS) is 25.6. The van der Waals surface area contributed by atoms with E-state index in [0.717, 1.165) is 16.7 Å². The molecule has 1 fully saturated rings. The molecule has 0 aromatic heterocycles. The predicted molar refractivity (Wildman–Crippen MR) is 98.0 cm³/mol. The van der Waals surface area contributed by atoms with E-state index in [1.165, 1.54) is 0 Å². The second kappa shape index (κ2) is 6.96. The van der Waals surface area contributed by atoms with Gasteiger partial charge in [0, 0.05) is 6.42 Å². The Kier molecular flexibility index (Phi) is 4.67. The van der Waals surface area contributed by atoms with Crippen LogP contribution in [0.15, 0.2) is 71.1 Å². The Labute approximate surface area is 153 Å². The summed E-state index contributed by atoms with van der Waals surface area (Å²) in [5.41, 5.74) is 3.11. The number of ether oxygens (including phenoxy) is 2. The summed E-state index contributed by atoms with van der Waals surface area (Å²) in [6.07, 6.45) is 2.19. The molecule has 2 aliphatic heterocycles. The van der Waals surface area contributed by atoms with E-state index in [-0.39, 0.29) is 23.9 Å². The smallest absolute Gasteiger partial charge is 0.241 e. The standard InChI is InChI=1S/C20H21NO4S/c1-14-7-9-18(10-8-14)26(22,23)21-17-11-16-12-19(25-20(16)24-13-17)15-5-3-2-4-6-15/h2-11,17,19-21H,12-13H2,1H3/t17-,19-,20+/m1/s1. The molecule has 5 nitrogen and oxygen atoms in total. The van der Waals surface area contributed by atoms with E-state index < -0.39 is 16.1 Å². The second-order valence-corrected chi connectivity index (χ2v) is 8.40. The minimum absolute atomic E-state index is 0.0556. The molecule has 1 N–H and O–H groups in total. The van der Waals surface area contributed by atoms with Gasteiger partial charge in [-0.2, -0.15) is 0 Å². The highest BCUT2D eigenvalue weighted by atomic mass is 32.2. The quantitative estimate of drug-likeness (QED) is 0.839. The first-order valence-corrected chi connectivity index (χ1v) is 10.1.